The average molecular weight is 251 g/mol. The van der Waals surface area contributed by atoms with Crippen LogP contribution in [0.5, 0.6) is 5.75 Å². The van der Waals surface area contributed by atoms with Gasteiger partial charge < -0.3 is 9.84 Å². The van der Waals surface area contributed by atoms with Gasteiger partial charge in [0.25, 0.3) is 0 Å². The van der Waals surface area contributed by atoms with Crippen LogP contribution in [0.15, 0.2) is 18.2 Å². The summed E-state index contributed by atoms with van der Waals surface area (Å²) in [5, 5.41) is 10.4. The normalized spacial score (nSPS) is 28.6. The summed E-state index contributed by atoms with van der Waals surface area (Å²) in [6.45, 7) is 2.48. The van der Waals surface area contributed by atoms with Crippen molar-refractivity contribution >= 4 is 0 Å². The van der Waals surface area contributed by atoms with E-state index in [1.807, 2.05) is 0 Å². The maximum absolute atomic E-state index is 13.3. The Morgan fingerprint density at radius 1 is 1.22 bits per heavy atom. The van der Waals surface area contributed by atoms with E-state index in [0.717, 1.165) is 13.1 Å². The molecule has 2 heterocycles. The third-order valence-electron chi connectivity index (χ3n) is 3.92. The van der Waals surface area contributed by atoms with Gasteiger partial charge in [-0.3, -0.25) is 4.90 Å². The van der Waals surface area contributed by atoms with Crippen molar-refractivity contribution < 1.29 is 14.2 Å². The molecule has 0 spiro atoms. The molecule has 0 aliphatic carbocycles. The number of hydrogen-bond acceptors (Lipinski definition) is 3. The predicted molar refractivity (Wildman–Crippen MR) is 66.1 cm³/mol. The molecular formula is C14H18FNO2. The van der Waals surface area contributed by atoms with Crippen molar-refractivity contribution in [1.82, 2.24) is 4.90 Å². The van der Waals surface area contributed by atoms with Crippen LogP contribution in [-0.4, -0.2) is 35.7 Å². The molecule has 0 amide bonds. The first kappa shape index (κ1) is 11.9. The van der Waals surface area contributed by atoms with Gasteiger partial charge in [0.2, 0.25) is 0 Å². The van der Waals surface area contributed by atoms with Crippen molar-refractivity contribution in [1.29, 1.82) is 0 Å². The monoisotopic (exact) mass is 251 g/mol. The molecule has 0 bridgehead atoms. The molecule has 1 fully saturated rings. The Balaban J connectivity index is 1.83. The van der Waals surface area contributed by atoms with Crippen molar-refractivity contribution in [2.24, 2.45) is 0 Å². The Labute approximate surface area is 106 Å². The van der Waals surface area contributed by atoms with E-state index in [9.17, 15) is 9.50 Å². The Morgan fingerprint density at radius 3 is 2.78 bits per heavy atom. The first-order chi connectivity index (χ1) is 8.75. The summed E-state index contributed by atoms with van der Waals surface area (Å²) in [5.41, 5.74) is 0.580. The molecular weight excluding hydrogens is 233 g/mol. The molecule has 18 heavy (non-hydrogen) atoms. The van der Waals surface area contributed by atoms with E-state index in [4.69, 9.17) is 4.74 Å². The van der Waals surface area contributed by atoms with Gasteiger partial charge in [-0.25, -0.2) is 4.39 Å². The molecule has 3 nitrogen and oxygen atoms in total. The van der Waals surface area contributed by atoms with Crippen molar-refractivity contribution in [3.05, 3.63) is 29.6 Å². The molecule has 2 unspecified atom stereocenters. The third-order valence-corrected chi connectivity index (χ3v) is 3.92. The number of ether oxygens (including phenoxy) is 1. The number of hydrogen-bond donors (Lipinski definition) is 1. The number of benzene rings is 1. The number of likely N-dealkylation sites (tertiary alicyclic amines) is 1. The lowest BCUT2D eigenvalue weighted by molar-refractivity contribution is -0.00455. The fourth-order valence-electron chi connectivity index (χ4n) is 2.91. The first-order valence-corrected chi connectivity index (χ1v) is 6.60. The Bertz CT molecular complexity index is 432. The van der Waals surface area contributed by atoms with Crippen LogP contribution in [0.25, 0.3) is 0 Å². The second-order valence-electron chi connectivity index (χ2n) is 5.10. The number of halogens is 1. The molecule has 0 saturated carbocycles. The molecule has 1 N–H and O–H groups in total. The predicted octanol–water partition coefficient (Wildman–Crippen LogP) is 2.11. The summed E-state index contributed by atoms with van der Waals surface area (Å²) >= 11 is 0. The average Bonchev–Trinajstić information content (AvgIpc) is 2.41. The molecule has 4 heteroatoms. The van der Waals surface area contributed by atoms with Gasteiger partial charge in [0, 0.05) is 5.56 Å². The summed E-state index contributed by atoms with van der Waals surface area (Å²) < 4.78 is 18.9. The van der Waals surface area contributed by atoms with Gasteiger partial charge in [-0.15, -0.1) is 0 Å². The number of aliphatic hydroxyl groups is 1. The van der Waals surface area contributed by atoms with Gasteiger partial charge in [0.1, 0.15) is 24.3 Å². The third kappa shape index (κ3) is 2.10. The van der Waals surface area contributed by atoms with Gasteiger partial charge in [-0.1, -0.05) is 6.42 Å². The second kappa shape index (κ2) is 4.86. The minimum Gasteiger partial charge on any atom is -0.491 e. The molecule has 1 aromatic carbocycles. The smallest absolute Gasteiger partial charge is 0.125 e. The van der Waals surface area contributed by atoms with Crippen LogP contribution < -0.4 is 4.74 Å². The molecule has 2 aliphatic heterocycles. The minimum atomic E-state index is -0.650. The second-order valence-corrected chi connectivity index (χ2v) is 5.10. The van der Waals surface area contributed by atoms with Gasteiger partial charge in [0.05, 0.1) is 6.04 Å². The molecule has 0 aromatic heterocycles. The summed E-state index contributed by atoms with van der Waals surface area (Å²) in [6, 6.07) is 4.31. The zero-order chi connectivity index (χ0) is 12.5. The SMILES string of the molecule is OC1c2cc(F)ccc2OCC1N1CCCCC1. The highest BCUT2D eigenvalue weighted by Gasteiger charge is 2.34. The number of fused-ring (bicyclic) bond motifs is 1. The molecule has 98 valence electrons. The van der Waals surface area contributed by atoms with Gasteiger partial charge in [-0.05, 0) is 44.1 Å². The maximum atomic E-state index is 13.3. The lowest BCUT2D eigenvalue weighted by Gasteiger charge is -2.40. The topological polar surface area (TPSA) is 32.7 Å². The van der Waals surface area contributed by atoms with E-state index in [1.54, 1.807) is 6.07 Å². The summed E-state index contributed by atoms with van der Waals surface area (Å²) in [5.74, 6) is 0.285. The van der Waals surface area contributed by atoms with E-state index in [0.29, 0.717) is 17.9 Å². The van der Waals surface area contributed by atoms with Gasteiger partial charge >= 0.3 is 0 Å². The highest BCUT2D eigenvalue weighted by atomic mass is 19.1. The van der Waals surface area contributed by atoms with Crippen LogP contribution in [0, 0.1) is 5.82 Å². The van der Waals surface area contributed by atoms with E-state index in [2.05, 4.69) is 4.90 Å². The maximum Gasteiger partial charge on any atom is 0.125 e. The quantitative estimate of drug-likeness (QED) is 0.829. The Kier molecular flexibility index (Phi) is 3.22. The highest BCUT2D eigenvalue weighted by Crippen LogP contribution is 2.35. The van der Waals surface area contributed by atoms with Crippen molar-refractivity contribution in [3.63, 3.8) is 0 Å². The minimum absolute atomic E-state index is 0.0420. The van der Waals surface area contributed by atoms with Gasteiger partial charge in [-0.2, -0.15) is 0 Å². The van der Waals surface area contributed by atoms with Crippen molar-refractivity contribution in [2.75, 3.05) is 19.7 Å². The molecule has 3 rings (SSSR count). The van der Waals surface area contributed by atoms with Crippen LogP contribution in [0.1, 0.15) is 30.9 Å². The number of rotatable bonds is 1. The van der Waals surface area contributed by atoms with Crippen LogP contribution in [0.2, 0.25) is 0 Å². The van der Waals surface area contributed by atoms with Crippen LogP contribution in [0.4, 0.5) is 4.39 Å². The highest BCUT2D eigenvalue weighted by molar-refractivity contribution is 5.38. The summed E-state index contributed by atoms with van der Waals surface area (Å²) in [4.78, 5) is 2.27. The van der Waals surface area contributed by atoms with Gasteiger partial charge in [0.15, 0.2) is 0 Å². The molecule has 2 aliphatic rings. The largest absolute Gasteiger partial charge is 0.491 e. The van der Waals surface area contributed by atoms with Crippen LogP contribution >= 0.6 is 0 Å². The van der Waals surface area contributed by atoms with Crippen molar-refractivity contribution in [3.8, 4) is 5.75 Å². The summed E-state index contributed by atoms with van der Waals surface area (Å²) in [6.07, 6.45) is 2.94. The van der Waals surface area contributed by atoms with Crippen molar-refractivity contribution in [2.45, 2.75) is 31.4 Å². The lowest BCUT2D eigenvalue weighted by Crippen LogP contribution is -2.48. The fourth-order valence-corrected chi connectivity index (χ4v) is 2.91. The molecule has 1 aromatic rings. The molecule has 1 saturated heterocycles. The standard InChI is InChI=1S/C14H18FNO2/c15-10-4-5-13-11(8-10)14(17)12(9-18-13)16-6-2-1-3-7-16/h4-5,8,12,14,17H,1-3,6-7,9H2. The first-order valence-electron chi connectivity index (χ1n) is 6.60. The van der Waals surface area contributed by atoms with E-state index < -0.39 is 6.10 Å². The Hall–Kier alpha value is -1.13. The Morgan fingerprint density at radius 2 is 2.00 bits per heavy atom. The zero-order valence-electron chi connectivity index (χ0n) is 10.3. The molecule has 0 radical (unpaired) electrons. The number of nitrogens with zero attached hydrogens (tertiary/aromatic N) is 1. The van der Waals surface area contributed by atoms with Crippen LogP contribution in [0.3, 0.4) is 0 Å². The van der Waals surface area contributed by atoms with E-state index >= 15 is 0 Å². The van der Waals surface area contributed by atoms with E-state index in [-0.39, 0.29) is 11.9 Å². The summed E-state index contributed by atoms with van der Waals surface area (Å²) in [7, 11) is 0. The molecule has 2 atom stereocenters. The zero-order valence-corrected chi connectivity index (χ0v) is 10.3. The van der Waals surface area contributed by atoms with E-state index in [1.165, 1.54) is 31.4 Å². The number of piperidine rings is 1. The van der Waals surface area contributed by atoms with Crippen LogP contribution in [-0.2, 0) is 0 Å². The fraction of sp³-hybridized carbons (Fsp3) is 0.571. The number of aliphatic hydroxyl groups excluding tert-OH is 1. The lowest BCUT2D eigenvalue weighted by atomic mass is 9.96.